The van der Waals surface area contributed by atoms with Crippen LogP contribution in [0.2, 0.25) is 5.02 Å². The summed E-state index contributed by atoms with van der Waals surface area (Å²) in [6.45, 7) is 4.75. The van der Waals surface area contributed by atoms with E-state index in [-0.39, 0.29) is 17.2 Å². The molecule has 2 rings (SSSR count). The number of fused-ring (bicyclic) bond motifs is 1. The first-order valence-corrected chi connectivity index (χ1v) is 6.92. The molecule has 0 saturated carbocycles. The quantitative estimate of drug-likeness (QED) is 0.908. The molecular weight excluding hydrogens is 276 g/mol. The highest BCUT2D eigenvalue weighted by molar-refractivity contribution is 6.35. The number of carbonyl (C=O) groups is 1. The monoisotopic (exact) mass is 292 g/mol. The Labute approximate surface area is 122 Å². The van der Waals surface area contributed by atoms with Gasteiger partial charge in [-0.05, 0) is 24.5 Å². The standard InChI is InChI=1S/C15H17ClN2O2/c1-9(2)3-5-18-15(20)11-7-10-12(16)4-6-17-13(10)8-14(11)19/h4,6-9,19H,3,5H2,1-2H3,(H,18,20). The zero-order valence-corrected chi connectivity index (χ0v) is 12.2. The first-order chi connectivity index (χ1) is 9.49. The first kappa shape index (κ1) is 14.6. The molecule has 0 radical (unpaired) electrons. The molecule has 20 heavy (non-hydrogen) atoms. The molecule has 0 aliphatic heterocycles. The van der Waals surface area contributed by atoms with E-state index in [0.29, 0.717) is 28.4 Å². The van der Waals surface area contributed by atoms with Crippen molar-refractivity contribution in [2.75, 3.05) is 6.54 Å². The minimum atomic E-state index is -0.301. The molecule has 0 aliphatic carbocycles. The van der Waals surface area contributed by atoms with E-state index in [1.54, 1.807) is 18.3 Å². The second kappa shape index (κ2) is 6.09. The molecule has 0 atom stereocenters. The van der Waals surface area contributed by atoms with E-state index in [1.807, 2.05) is 0 Å². The summed E-state index contributed by atoms with van der Waals surface area (Å²) in [6.07, 6.45) is 2.45. The zero-order valence-electron chi connectivity index (χ0n) is 11.5. The number of aromatic hydroxyl groups is 1. The fraction of sp³-hybridized carbons (Fsp3) is 0.333. The van der Waals surface area contributed by atoms with Gasteiger partial charge in [-0.3, -0.25) is 9.78 Å². The summed E-state index contributed by atoms with van der Waals surface area (Å²) in [5, 5.41) is 13.9. The van der Waals surface area contributed by atoms with Gasteiger partial charge in [0.2, 0.25) is 0 Å². The van der Waals surface area contributed by atoms with Crippen molar-refractivity contribution < 1.29 is 9.90 Å². The van der Waals surface area contributed by atoms with Crippen LogP contribution in [0.4, 0.5) is 0 Å². The summed E-state index contributed by atoms with van der Waals surface area (Å²) in [4.78, 5) is 16.2. The van der Waals surface area contributed by atoms with Gasteiger partial charge in [0.15, 0.2) is 0 Å². The van der Waals surface area contributed by atoms with Crippen LogP contribution < -0.4 is 5.32 Å². The average molecular weight is 293 g/mol. The fourth-order valence-electron chi connectivity index (χ4n) is 1.90. The van der Waals surface area contributed by atoms with Crippen molar-refractivity contribution in [2.24, 2.45) is 5.92 Å². The smallest absolute Gasteiger partial charge is 0.255 e. The van der Waals surface area contributed by atoms with Gasteiger partial charge in [0, 0.05) is 24.2 Å². The van der Waals surface area contributed by atoms with Crippen LogP contribution in [0.1, 0.15) is 30.6 Å². The summed E-state index contributed by atoms with van der Waals surface area (Å²) in [7, 11) is 0. The van der Waals surface area contributed by atoms with Crippen LogP contribution in [0.25, 0.3) is 10.9 Å². The number of benzene rings is 1. The van der Waals surface area contributed by atoms with Crippen LogP contribution in [0, 0.1) is 5.92 Å². The van der Waals surface area contributed by atoms with Gasteiger partial charge in [0.25, 0.3) is 5.91 Å². The van der Waals surface area contributed by atoms with Gasteiger partial charge < -0.3 is 10.4 Å². The Morgan fingerprint density at radius 3 is 2.90 bits per heavy atom. The molecule has 1 amide bonds. The molecule has 0 unspecified atom stereocenters. The summed E-state index contributed by atoms with van der Waals surface area (Å²) >= 11 is 6.08. The number of nitrogens with zero attached hydrogens (tertiary/aromatic N) is 1. The van der Waals surface area contributed by atoms with Crippen molar-refractivity contribution in [3.05, 3.63) is 35.0 Å². The first-order valence-electron chi connectivity index (χ1n) is 6.54. The Morgan fingerprint density at radius 1 is 1.45 bits per heavy atom. The van der Waals surface area contributed by atoms with Crippen LogP contribution in [0.5, 0.6) is 5.75 Å². The van der Waals surface area contributed by atoms with Gasteiger partial charge in [0.1, 0.15) is 5.75 Å². The van der Waals surface area contributed by atoms with E-state index >= 15 is 0 Å². The number of amides is 1. The number of hydrogen-bond donors (Lipinski definition) is 2. The third-order valence-corrected chi connectivity index (χ3v) is 3.39. The number of aromatic nitrogens is 1. The maximum atomic E-state index is 12.1. The number of pyridine rings is 1. The third-order valence-electron chi connectivity index (χ3n) is 3.06. The van der Waals surface area contributed by atoms with E-state index in [1.165, 1.54) is 6.07 Å². The summed E-state index contributed by atoms with van der Waals surface area (Å²) in [5.41, 5.74) is 0.782. The van der Waals surface area contributed by atoms with Crippen molar-refractivity contribution in [2.45, 2.75) is 20.3 Å². The van der Waals surface area contributed by atoms with E-state index in [2.05, 4.69) is 24.1 Å². The van der Waals surface area contributed by atoms with Crippen LogP contribution in [0.3, 0.4) is 0 Å². The molecule has 0 saturated heterocycles. The van der Waals surface area contributed by atoms with Crippen molar-refractivity contribution >= 4 is 28.4 Å². The molecular formula is C15H17ClN2O2. The van der Waals surface area contributed by atoms with Gasteiger partial charge >= 0.3 is 0 Å². The Kier molecular flexibility index (Phi) is 4.45. The second-order valence-electron chi connectivity index (χ2n) is 5.12. The van der Waals surface area contributed by atoms with E-state index in [4.69, 9.17) is 11.6 Å². The predicted molar refractivity (Wildman–Crippen MR) is 80.2 cm³/mol. The number of rotatable bonds is 4. The Bertz CT molecular complexity index is 641. The summed E-state index contributed by atoms with van der Waals surface area (Å²) in [5.74, 6) is 0.124. The van der Waals surface area contributed by atoms with Crippen LogP contribution in [-0.2, 0) is 0 Å². The largest absolute Gasteiger partial charge is 0.507 e. The molecule has 0 bridgehead atoms. The van der Waals surface area contributed by atoms with E-state index < -0.39 is 0 Å². The average Bonchev–Trinajstić information content (AvgIpc) is 2.37. The summed E-state index contributed by atoms with van der Waals surface area (Å²) in [6, 6.07) is 4.69. The minimum absolute atomic E-state index is 0.0886. The molecule has 106 valence electrons. The second-order valence-corrected chi connectivity index (χ2v) is 5.52. The lowest BCUT2D eigenvalue weighted by atomic mass is 10.1. The zero-order chi connectivity index (χ0) is 14.7. The highest BCUT2D eigenvalue weighted by atomic mass is 35.5. The lowest BCUT2D eigenvalue weighted by Crippen LogP contribution is -2.25. The van der Waals surface area contributed by atoms with Gasteiger partial charge in [-0.25, -0.2) is 0 Å². The highest BCUT2D eigenvalue weighted by Crippen LogP contribution is 2.28. The molecule has 5 heteroatoms. The number of nitrogens with one attached hydrogen (secondary N) is 1. The Morgan fingerprint density at radius 2 is 2.20 bits per heavy atom. The minimum Gasteiger partial charge on any atom is -0.507 e. The van der Waals surface area contributed by atoms with Crippen molar-refractivity contribution in [3.63, 3.8) is 0 Å². The van der Waals surface area contributed by atoms with E-state index in [0.717, 1.165) is 6.42 Å². The number of phenolic OH excluding ortho intramolecular Hbond substituents is 1. The Hall–Kier alpha value is -1.81. The van der Waals surface area contributed by atoms with Gasteiger partial charge in [-0.15, -0.1) is 0 Å². The SMILES string of the molecule is CC(C)CCNC(=O)c1cc2c(Cl)ccnc2cc1O. The molecule has 0 fully saturated rings. The highest BCUT2D eigenvalue weighted by Gasteiger charge is 2.14. The molecule has 1 heterocycles. The maximum absolute atomic E-state index is 12.1. The summed E-state index contributed by atoms with van der Waals surface area (Å²) < 4.78 is 0. The molecule has 4 nitrogen and oxygen atoms in total. The molecule has 2 N–H and O–H groups in total. The fourth-order valence-corrected chi connectivity index (χ4v) is 2.11. The van der Waals surface area contributed by atoms with Crippen LogP contribution in [-0.4, -0.2) is 22.5 Å². The molecule has 0 spiro atoms. The lowest BCUT2D eigenvalue weighted by molar-refractivity contribution is 0.0949. The Balaban J connectivity index is 2.27. The lowest BCUT2D eigenvalue weighted by Gasteiger charge is -2.09. The molecule has 2 aromatic rings. The third kappa shape index (κ3) is 3.20. The molecule has 1 aromatic heterocycles. The van der Waals surface area contributed by atoms with Gasteiger partial charge in [-0.1, -0.05) is 25.4 Å². The normalized spacial score (nSPS) is 11.0. The van der Waals surface area contributed by atoms with E-state index in [9.17, 15) is 9.90 Å². The van der Waals surface area contributed by atoms with Crippen molar-refractivity contribution in [1.29, 1.82) is 0 Å². The molecule has 1 aromatic carbocycles. The maximum Gasteiger partial charge on any atom is 0.255 e. The van der Waals surface area contributed by atoms with Crippen molar-refractivity contribution in [3.8, 4) is 5.75 Å². The number of hydrogen-bond acceptors (Lipinski definition) is 3. The van der Waals surface area contributed by atoms with Crippen LogP contribution >= 0.6 is 11.6 Å². The number of halogens is 1. The topological polar surface area (TPSA) is 62.2 Å². The van der Waals surface area contributed by atoms with Crippen LogP contribution in [0.15, 0.2) is 24.4 Å². The number of phenols is 1. The molecule has 0 aliphatic rings. The van der Waals surface area contributed by atoms with Crippen molar-refractivity contribution in [1.82, 2.24) is 10.3 Å². The van der Waals surface area contributed by atoms with Gasteiger partial charge in [0.05, 0.1) is 16.1 Å². The predicted octanol–water partition coefficient (Wildman–Crippen LogP) is 3.37. The number of carbonyl (C=O) groups excluding carboxylic acids is 1. The van der Waals surface area contributed by atoms with Gasteiger partial charge in [-0.2, -0.15) is 0 Å².